The molecular weight excluding hydrogens is 1580 g/mol. The second kappa shape index (κ2) is 47.1. The summed E-state index contributed by atoms with van der Waals surface area (Å²) in [6, 6.07) is 137. The van der Waals surface area contributed by atoms with Gasteiger partial charge in [-0.25, -0.2) is 9.97 Å². The summed E-state index contributed by atoms with van der Waals surface area (Å²) in [4.78, 5) is 26.9. The second-order valence-corrected chi connectivity index (χ2v) is 31.6. The Morgan fingerprint density at radius 1 is 0.305 bits per heavy atom. The molecular formula is C87H70BrN7O4P4PdZn. The van der Waals surface area contributed by atoms with Crippen LogP contribution in [-0.2, 0) is 39.9 Å². The third kappa shape index (κ3) is 27.0. The molecule has 0 N–H and O–H groups in total. The molecule has 0 atom stereocenters. The fraction of sp³-hybridized carbons (Fsp3) is 0.0230. The fourth-order valence-electron chi connectivity index (χ4n) is 10.2. The Labute approximate surface area is 654 Å². The first-order valence-corrected chi connectivity index (χ1v) is 38.5. The van der Waals surface area contributed by atoms with Crippen LogP contribution < -0.4 is 63.7 Å². The Morgan fingerprint density at radius 2 is 0.467 bits per heavy atom. The zero-order valence-electron chi connectivity index (χ0n) is 57.4. The molecule has 18 heteroatoms. The van der Waals surface area contributed by atoms with Gasteiger partial charge in [0, 0.05) is 51.0 Å². The van der Waals surface area contributed by atoms with Crippen molar-refractivity contribution in [2.24, 2.45) is 0 Å². The summed E-state index contributed by atoms with van der Waals surface area (Å²) in [6.07, 6.45) is 2.33. The van der Waals surface area contributed by atoms with Crippen molar-refractivity contribution in [3.63, 3.8) is 0 Å². The quantitative estimate of drug-likeness (QED) is 0.0336. The minimum atomic E-state index is -0.524. The Hall–Kier alpha value is -10.3. The van der Waals surface area contributed by atoms with Gasteiger partial charge in [-0.2, -0.15) is 15.8 Å². The van der Waals surface area contributed by atoms with E-state index in [1.807, 2.05) is 0 Å². The molecule has 0 unspecified atom stereocenters. The molecule has 0 spiro atoms. The van der Waals surface area contributed by atoms with Crippen LogP contribution in [0.1, 0.15) is 16.8 Å². The summed E-state index contributed by atoms with van der Waals surface area (Å²) in [5, 5.41) is 60.3. The number of aromatic nitrogens is 2. The minimum absolute atomic E-state index is 0. The maximum Gasteiger partial charge on any atom is 0.290 e. The first kappa shape index (κ1) is 83.6. The maximum absolute atomic E-state index is 10.3. The fourth-order valence-corrected chi connectivity index (χ4v) is 19.9. The van der Waals surface area contributed by atoms with Gasteiger partial charge in [-0.15, -0.1) is 0 Å². The molecule has 516 valence electrons. The van der Waals surface area contributed by atoms with E-state index in [1.54, 1.807) is 26.0 Å². The number of nitro groups is 2. The Bertz CT molecular complexity index is 4090. The second-order valence-electron chi connectivity index (χ2n) is 21.9. The number of rotatable bonds is 14. The van der Waals surface area contributed by atoms with Gasteiger partial charge < -0.3 is 0 Å². The summed E-state index contributed by atoms with van der Waals surface area (Å²) in [7, 11) is -1.78. The van der Waals surface area contributed by atoms with Crippen LogP contribution in [-0.4, -0.2) is 19.8 Å². The Morgan fingerprint density at radius 3 is 0.600 bits per heavy atom. The van der Waals surface area contributed by atoms with Gasteiger partial charge in [0.15, 0.2) is 12.1 Å². The molecule has 0 aliphatic rings. The van der Waals surface area contributed by atoms with Crippen molar-refractivity contribution in [1.82, 2.24) is 9.97 Å². The molecule has 0 amide bonds. The molecule has 14 aromatic rings. The number of pyridine rings is 2. The molecule has 0 saturated heterocycles. The molecule has 0 aliphatic heterocycles. The van der Waals surface area contributed by atoms with E-state index in [0.717, 1.165) is 6.20 Å². The van der Waals surface area contributed by atoms with E-state index < -0.39 is 41.5 Å². The number of benzene rings is 12. The van der Waals surface area contributed by atoms with E-state index in [0.29, 0.717) is 15.7 Å². The summed E-state index contributed by atoms with van der Waals surface area (Å²) >= 11 is 3.11. The number of hydrogen-bond donors (Lipinski definition) is 0. The van der Waals surface area contributed by atoms with Gasteiger partial charge in [-0.05, 0) is 137 Å². The van der Waals surface area contributed by atoms with E-state index >= 15 is 0 Å². The number of halogens is 1. The summed E-state index contributed by atoms with van der Waals surface area (Å²) in [5.41, 5.74) is 1.24. The normalized spacial score (nSPS) is 9.79. The number of aryl methyl sites for hydroxylation is 2. The summed E-state index contributed by atoms with van der Waals surface area (Å²) in [5.74, 6) is 0. The van der Waals surface area contributed by atoms with Gasteiger partial charge in [0.05, 0.1) is 9.85 Å². The Balaban J connectivity index is 0.000000197. The van der Waals surface area contributed by atoms with Gasteiger partial charge in [0.1, 0.15) is 28.8 Å². The molecule has 105 heavy (non-hydrogen) atoms. The van der Waals surface area contributed by atoms with E-state index in [4.69, 9.17) is 15.8 Å². The molecule has 0 radical (unpaired) electrons. The van der Waals surface area contributed by atoms with Crippen molar-refractivity contribution in [2.45, 2.75) is 13.8 Å². The van der Waals surface area contributed by atoms with Crippen molar-refractivity contribution in [3.8, 4) is 18.2 Å². The minimum Gasteiger partial charge on any atom is -0.258 e. The predicted molar refractivity (Wildman–Crippen MR) is 435 cm³/mol. The van der Waals surface area contributed by atoms with Crippen molar-refractivity contribution < 1.29 is 49.7 Å². The zero-order valence-corrected chi connectivity index (χ0v) is 67.1. The van der Waals surface area contributed by atoms with Crippen molar-refractivity contribution in [1.29, 1.82) is 15.8 Å². The van der Waals surface area contributed by atoms with Crippen LogP contribution >= 0.6 is 47.6 Å². The summed E-state index contributed by atoms with van der Waals surface area (Å²) in [6.45, 7) is 3.24. The van der Waals surface area contributed by atoms with E-state index in [1.165, 1.54) is 88.1 Å². The summed E-state index contributed by atoms with van der Waals surface area (Å²) < 4.78 is 0.612. The molecule has 2 heterocycles. The largest absolute Gasteiger partial charge is 0.290 e. The SMILES string of the molecule is Cc1cc(Br)ncc1[N+](=O)[O-].Cc1cc(C#N)ncc1[N+](=O)[O-].N#CC#N.[Pd].[Zn].c1ccc(P(c2ccccc2)c2ccccc2)cc1.c1ccc(P(c2ccccc2)c2ccccc2)cc1.c1ccc(P(c2ccccc2)c2ccccc2)cc1.c1ccc(P(c2ccccc2)c2ccccc2)cc1. The first-order valence-electron chi connectivity index (χ1n) is 32.3. The molecule has 0 fully saturated rings. The number of nitriles is 3. The molecule has 12 aromatic carbocycles. The maximum atomic E-state index is 10.3. The van der Waals surface area contributed by atoms with Gasteiger partial charge >= 0.3 is 0 Å². The van der Waals surface area contributed by atoms with Crippen LogP contribution in [0.25, 0.3) is 0 Å². The van der Waals surface area contributed by atoms with Gasteiger partial charge in [-0.1, -0.05) is 364 Å². The van der Waals surface area contributed by atoms with E-state index in [9.17, 15) is 20.2 Å². The smallest absolute Gasteiger partial charge is 0.258 e. The molecule has 0 bridgehead atoms. The van der Waals surface area contributed by atoms with Crippen LogP contribution in [0.4, 0.5) is 11.4 Å². The average Bonchev–Trinajstić information content (AvgIpc) is 0.832. The van der Waals surface area contributed by atoms with E-state index in [2.05, 4.69) is 390 Å². The van der Waals surface area contributed by atoms with Crippen LogP contribution in [0.3, 0.4) is 0 Å². The third-order valence-electron chi connectivity index (χ3n) is 14.9. The van der Waals surface area contributed by atoms with Gasteiger partial charge in [-0.3, -0.25) is 20.2 Å². The van der Waals surface area contributed by atoms with Crippen LogP contribution in [0, 0.1) is 68.1 Å². The van der Waals surface area contributed by atoms with Crippen molar-refractivity contribution in [2.75, 3.05) is 0 Å². The van der Waals surface area contributed by atoms with Gasteiger partial charge in [0.2, 0.25) is 0 Å². The van der Waals surface area contributed by atoms with Crippen LogP contribution in [0.2, 0.25) is 0 Å². The van der Waals surface area contributed by atoms with Crippen LogP contribution in [0.15, 0.2) is 393 Å². The molecule has 2 aromatic heterocycles. The standard InChI is InChI=1S/4C18H15P.C7H5N3O2.C6H5BrN2O2.C2N2.Pd.Zn/c4*1-4-10-16(11-5-1)19(17-12-6-2-7-13-17)18-14-8-3-9-15-18;1-5-2-6(3-8)9-4-7(5)10(11)12;1-4-2-6(7)8-3-5(4)9(10)11;3-1-2-4;;/h4*1-15H;2,4H,1H3;2-3H,1H3;;;. The van der Waals surface area contributed by atoms with Gasteiger partial charge in [0.25, 0.3) is 11.4 Å². The molecule has 0 aliphatic carbocycles. The topological polar surface area (TPSA) is 183 Å². The van der Waals surface area contributed by atoms with Crippen molar-refractivity contribution >= 4 is 123 Å². The van der Waals surface area contributed by atoms with Crippen molar-refractivity contribution in [3.05, 3.63) is 430 Å². The molecule has 0 saturated carbocycles. The Kier molecular flexibility index (Phi) is 37.5. The first-order chi connectivity index (χ1) is 50.5. The average molecular weight is 1650 g/mol. The predicted octanol–water partition coefficient (Wildman–Crippen LogP) is 17.0. The van der Waals surface area contributed by atoms with E-state index in [-0.39, 0.29) is 57.0 Å². The molecule has 14 rings (SSSR count). The monoisotopic (exact) mass is 1650 g/mol. The molecule has 11 nitrogen and oxygen atoms in total. The number of nitrogens with zero attached hydrogens (tertiary/aromatic N) is 7. The zero-order chi connectivity index (χ0) is 72.6. The number of hydrogen-bond acceptors (Lipinski definition) is 9. The van der Waals surface area contributed by atoms with Crippen LogP contribution in [0.5, 0.6) is 0 Å². The third-order valence-corrected chi connectivity index (χ3v) is 25.1.